The van der Waals surface area contributed by atoms with Crippen molar-refractivity contribution in [3.8, 4) is 0 Å². The van der Waals surface area contributed by atoms with Crippen molar-refractivity contribution in [2.45, 2.75) is 45.1 Å². The molecule has 108 valence electrons. The van der Waals surface area contributed by atoms with Crippen molar-refractivity contribution in [3.63, 3.8) is 0 Å². The third-order valence-corrected chi connectivity index (χ3v) is 4.69. The van der Waals surface area contributed by atoms with Crippen LogP contribution in [0.5, 0.6) is 0 Å². The molecule has 0 radical (unpaired) electrons. The summed E-state index contributed by atoms with van der Waals surface area (Å²) in [6.07, 6.45) is 4.47. The molecule has 1 saturated heterocycles. The van der Waals surface area contributed by atoms with Crippen LogP contribution in [0.25, 0.3) is 0 Å². The average Bonchev–Trinajstić information content (AvgIpc) is 2.41. The van der Waals surface area contributed by atoms with Gasteiger partial charge in [-0.25, -0.2) is 0 Å². The Balaban J connectivity index is 2.00. The number of hydrogen-bond acceptors (Lipinski definition) is 3. The maximum absolute atomic E-state index is 12.6. The Morgan fingerprint density at radius 2 is 1.95 bits per heavy atom. The number of likely N-dealkylation sites (tertiary alicyclic amines) is 1. The Labute approximate surface area is 114 Å². The minimum Gasteiger partial charge on any atom is -0.369 e. The molecule has 2 fully saturated rings. The summed E-state index contributed by atoms with van der Waals surface area (Å²) in [6, 6.07) is 0.141. The highest BCUT2D eigenvalue weighted by molar-refractivity contribution is 5.81. The van der Waals surface area contributed by atoms with E-state index in [1.54, 1.807) is 0 Å². The van der Waals surface area contributed by atoms with Gasteiger partial charge >= 0.3 is 0 Å². The molecule has 4 unspecified atom stereocenters. The van der Waals surface area contributed by atoms with Gasteiger partial charge in [0.2, 0.25) is 11.8 Å². The normalized spacial score (nSPS) is 36.0. The van der Waals surface area contributed by atoms with Gasteiger partial charge in [0.25, 0.3) is 0 Å². The van der Waals surface area contributed by atoms with Gasteiger partial charge in [0.15, 0.2) is 0 Å². The molecule has 0 aromatic rings. The van der Waals surface area contributed by atoms with Crippen molar-refractivity contribution in [2.24, 2.45) is 29.2 Å². The topological polar surface area (TPSA) is 89.4 Å². The van der Waals surface area contributed by atoms with Gasteiger partial charge in [-0.3, -0.25) is 9.59 Å². The Morgan fingerprint density at radius 1 is 1.21 bits per heavy atom. The van der Waals surface area contributed by atoms with E-state index in [2.05, 4.69) is 6.92 Å². The molecule has 1 aliphatic carbocycles. The van der Waals surface area contributed by atoms with Crippen molar-refractivity contribution in [1.29, 1.82) is 0 Å². The van der Waals surface area contributed by atoms with E-state index in [-0.39, 0.29) is 29.7 Å². The van der Waals surface area contributed by atoms with E-state index in [4.69, 9.17) is 11.5 Å². The second kappa shape index (κ2) is 5.90. The average molecular weight is 267 g/mol. The maximum Gasteiger partial charge on any atom is 0.226 e. The summed E-state index contributed by atoms with van der Waals surface area (Å²) in [5.74, 6) is 0.126. The summed E-state index contributed by atoms with van der Waals surface area (Å²) in [5, 5.41) is 0. The summed E-state index contributed by atoms with van der Waals surface area (Å²) in [4.78, 5) is 25.7. The van der Waals surface area contributed by atoms with Crippen LogP contribution in [0.3, 0.4) is 0 Å². The van der Waals surface area contributed by atoms with Crippen molar-refractivity contribution in [2.75, 3.05) is 13.1 Å². The number of rotatable bonds is 2. The molecule has 19 heavy (non-hydrogen) atoms. The molecule has 2 amide bonds. The van der Waals surface area contributed by atoms with Crippen LogP contribution >= 0.6 is 0 Å². The minimum absolute atomic E-state index is 0.0235. The van der Waals surface area contributed by atoms with Crippen LogP contribution in [0.2, 0.25) is 0 Å². The highest BCUT2D eigenvalue weighted by Gasteiger charge is 2.36. The molecule has 1 aliphatic heterocycles. The van der Waals surface area contributed by atoms with Gasteiger partial charge in [-0.05, 0) is 38.0 Å². The number of nitrogens with zero attached hydrogens (tertiary/aromatic N) is 1. The van der Waals surface area contributed by atoms with E-state index in [1.807, 2.05) is 4.90 Å². The summed E-state index contributed by atoms with van der Waals surface area (Å²) >= 11 is 0. The largest absolute Gasteiger partial charge is 0.369 e. The molecule has 0 bridgehead atoms. The summed E-state index contributed by atoms with van der Waals surface area (Å²) < 4.78 is 0. The Kier molecular flexibility index (Phi) is 4.45. The van der Waals surface area contributed by atoms with Crippen LogP contribution in [0.1, 0.15) is 39.0 Å². The van der Waals surface area contributed by atoms with E-state index in [1.165, 1.54) is 0 Å². The number of nitrogens with two attached hydrogens (primary N) is 2. The number of primary amides is 1. The molecule has 2 rings (SSSR count). The fraction of sp³-hybridized carbons (Fsp3) is 0.857. The predicted octanol–water partition coefficient (Wildman–Crippen LogP) is 0.474. The van der Waals surface area contributed by atoms with E-state index >= 15 is 0 Å². The minimum atomic E-state index is -0.286. The first kappa shape index (κ1) is 14.3. The van der Waals surface area contributed by atoms with Crippen molar-refractivity contribution < 1.29 is 9.59 Å². The van der Waals surface area contributed by atoms with Crippen LogP contribution in [0.15, 0.2) is 0 Å². The maximum atomic E-state index is 12.6. The van der Waals surface area contributed by atoms with Gasteiger partial charge in [0, 0.05) is 25.0 Å². The van der Waals surface area contributed by atoms with Gasteiger partial charge in [-0.15, -0.1) is 0 Å². The molecule has 2 aliphatic rings. The van der Waals surface area contributed by atoms with Crippen molar-refractivity contribution >= 4 is 11.8 Å². The third-order valence-electron chi connectivity index (χ3n) is 4.69. The highest BCUT2D eigenvalue weighted by atomic mass is 16.2. The Morgan fingerprint density at radius 3 is 2.63 bits per heavy atom. The molecule has 4 N–H and O–H groups in total. The van der Waals surface area contributed by atoms with Gasteiger partial charge < -0.3 is 16.4 Å². The quantitative estimate of drug-likeness (QED) is 0.762. The van der Waals surface area contributed by atoms with Gasteiger partial charge in [-0.1, -0.05) is 6.92 Å². The number of hydrogen-bond donors (Lipinski definition) is 2. The fourth-order valence-electron chi connectivity index (χ4n) is 3.34. The first-order valence-corrected chi connectivity index (χ1v) is 7.32. The Hall–Kier alpha value is -1.10. The van der Waals surface area contributed by atoms with Gasteiger partial charge in [-0.2, -0.15) is 0 Å². The molecule has 4 atom stereocenters. The molecular formula is C14H25N3O2. The lowest BCUT2D eigenvalue weighted by Crippen LogP contribution is -2.49. The monoisotopic (exact) mass is 267 g/mol. The number of carbonyl (C=O) groups is 2. The zero-order chi connectivity index (χ0) is 14.0. The highest BCUT2D eigenvalue weighted by Crippen LogP contribution is 2.31. The second-order valence-corrected chi connectivity index (χ2v) is 6.18. The lowest BCUT2D eigenvalue weighted by Gasteiger charge is -2.38. The van der Waals surface area contributed by atoms with Gasteiger partial charge in [0.1, 0.15) is 0 Å². The van der Waals surface area contributed by atoms with Crippen molar-refractivity contribution in [3.05, 3.63) is 0 Å². The number of piperidine rings is 1. The SMILES string of the molecule is CC1CCC(N)CC1C(=O)N1CCCC(C(N)=O)C1. The van der Waals surface area contributed by atoms with E-state index in [0.717, 1.165) is 38.6 Å². The predicted molar refractivity (Wildman–Crippen MR) is 73.0 cm³/mol. The van der Waals surface area contributed by atoms with Crippen LogP contribution in [0.4, 0.5) is 0 Å². The van der Waals surface area contributed by atoms with Crippen molar-refractivity contribution in [1.82, 2.24) is 4.90 Å². The lowest BCUT2D eigenvalue weighted by atomic mass is 9.77. The standard InChI is InChI=1S/C14H25N3O2/c1-9-4-5-11(15)7-12(9)14(19)17-6-2-3-10(8-17)13(16)18/h9-12H,2-8,15H2,1H3,(H2,16,18). The summed E-state index contributed by atoms with van der Waals surface area (Å²) in [5.41, 5.74) is 11.3. The Bertz CT molecular complexity index is 359. The molecule has 0 aromatic heterocycles. The molecule has 0 aromatic carbocycles. The second-order valence-electron chi connectivity index (χ2n) is 6.18. The van der Waals surface area contributed by atoms with E-state index < -0.39 is 0 Å². The van der Waals surface area contributed by atoms with Crippen LogP contribution in [0, 0.1) is 17.8 Å². The molecular weight excluding hydrogens is 242 g/mol. The molecule has 1 saturated carbocycles. The van der Waals surface area contributed by atoms with Gasteiger partial charge in [0.05, 0.1) is 5.92 Å². The van der Waals surface area contributed by atoms with Crippen LogP contribution in [-0.4, -0.2) is 35.8 Å². The lowest BCUT2D eigenvalue weighted by molar-refractivity contribution is -0.141. The molecule has 5 nitrogen and oxygen atoms in total. The van der Waals surface area contributed by atoms with E-state index in [0.29, 0.717) is 12.5 Å². The number of carbonyl (C=O) groups excluding carboxylic acids is 2. The first-order chi connectivity index (χ1) is 8.99. The zero-order valence-corrected chi connectivity index (χ0v) is 11.7. The van der Waals surface area contributed by atoms with E-state index in [9.17, 15) is 9.59 Å². The molecule has 5 heteroatoms. The summed E-state index contributed by atoms with van der Waals surface area (Å²) in [6.45, 7) is 3.37. The zero-order valence-electron chi connectivity index (χ0n) is 11.7. The smallest absolute Gasteiger partial charge is 0.226 e. The van der Waals surface area contributed by atoms with Crippen LogP contribution < -0.4 is 11.5 Å². The third kappa shape index (κ3) is 3.26. The molecule has 1 heterocycles. The fourth-order valence-corrected chi connectivity index (χ4v) is 3.34. The number of amides is 2. The van der Waals surface area contributed by atoms with Crippen LogP contribution in [-0.2, 0) is 9.59 Å². The molecule has 0 spiro atoms. The summed E-state index contributed by atoms with van der Waals surface area (Å²) in [7, 11) is 0. The first-order valence-electron chi connectivity index (χ1n) is 7.32.